The minimum absolute atomic E-state index is 0.914. The van der Waals surface area contributed by atoms with Crippen molar-refractivity contribution in [2.75, 3.05) is 0 Å². The lowest BCUT2D eigenvalue weighted by Crippen LogP contribution is -1.97. The Hall–Kier alpha value is -4.37. The average molecular weight is 425 g/mol. The summed E-state index contributed by atoms with van der Waals surface area (Å²) in [6.45, 7) is 0. The maximum Gasteiger partial charge on any atom is 0.140 e. The number of ether oxygens (including phenoxy) is 1. The monoisotopic (exact) mass is 424 g/mol. The third-order valence-electron chi connectivity index (χ3n) is 6.64. The highest BCUT2D eigenvalue weighted by Gasteiger charge is 2.21. The first-order chi connectivity index (χ1) is 16.3. The topological polar surface area (TPSA) is 27.1 Å². The van der Waals surface area contributed by atoms with E-state index in [9.17, 15) is 0 Å². The van der Waals surface area contributed by atoms with Crippen molar-refractivity contribution in [1.29, 1.82) is 0 Å². The molecule has 0 saturated heterocycles. The number of hydrogen-bond acceptors (Lipinski definition) is 2. The zero-order valence-electron chi connectivity index (χ0n) is 18.1. The highest BCUT2D eigenvalue weighted by molar-refractivity contribution is 6.09. The molecule has 3 nitrogen and oxygen atoms in total. The first-order valence-electron chi connectivity index (χ1n) is 11.1. The van der Waals surface area contributed by atoms with Crippen LogP contribution in [0.5, 0.6) is 11.5 Å². The predicted molar refractivity (Wildman–Crippen MR) is 135 cm³/mol. The second-order valence-electron chi connectivity index (χ2n) is 8.50. The van der Waals surface area contributed by atoms with Gasteiger partial charge in [-0.3, -0.25) is 0 Å². The highest BCUT2D eigenvalue weighted by atomic mass is 16.5. The van der Waals surface area contributed by atoms with Crippen LogP contribution in [0.25, 0.3) is 55.4 Å². The summed E-state index contributed by atoms with van der Waals surface area (Å²) >= 11 is 0. The van der Waals surface area contributed by atoms with Gasteiger partial charge in [0.05, 0.1) is 11.0 Å². The standard InChI is InChI=1S/C30H20N2O/c1-32-26-11-4-3-10-25(26)31-30(32)20-15-13-19(14-16-20)21-17-18-28-29-23(21)8-6-9-24(29)22-7-2-5-12-27(22)33-28/h2-18H,1H3. The van der Waals surface area contributed by atoms with Crippen molar-refractivity contribution in [1.82, 2.24) is 9.55 Å². The maximum absolute atomic E-state index is 6.25. The molecule has 156 valence electrons. The van der Waals surface area contributed by atoms with Gasteiger partial charge in [0.25, 0.3) is 0 Å². The van der Waals surface area contributed by atoms with Crippen molar-refractivity contribution in [3.8, 4) is 45.1 Å². The molecule has 6 aromatic rings. The van der Waals surface area contributed by atoms with Crippen LogP contribution < -0.4 is 4.74 Å². The van der Waals surface area contributed by atoms with E-state index >= 15 is 0 Å². The van der Waals surface area contributed by atoms with Gasteiger partial charge in [-0.15, -0.1) is 0 Å². The van der Waals surface area contributed by atoms with Crippen molar-refractivity contribution in [2.24, 2.45) is 7.05 Å². The average Bonchev–Trinajstić information content (AvgIpc) is 3.21. The van der Waals surface area contributed by atoms with Gasteiger partial charge < -0.3 is 9.30 Å². The third-order valence-corrected chi connectivity index (χ3v) is 6.64. The van der Waals surface area contributed by atoms with Gasteiger partial charge in [-0.25, -0.2) is 4.98 Å². The molecule has 1 aromatic heterocycles. The molecule has 7 rings (SSSR count). The molecule has 2 heterocycles. The molecule has 0 N–H and O–H groups in total. The molecule has 0 unspecified atom stereocenters. The summed E-state index contributed by atoms with van der Waals surface area (Å²) in [5, 5.41) is 2.38. The van der Waals surface area contributed by atoms with E-state index in [1.165, 1.54) is 27.5 Å². The van der Waals surface area contributed by atoms with Crippen LogP contribution in [-0.2, 0) is 7.05 Å². The molecule has 0 saturated carbocycles. The second kappa shape index (κ2) is 6.81. The molecule has 0 spiro atoms. The van der Waals surface area contributed by atoms with Crippen molar-refractivity contribution >= 4 is 21.8 Å². The highest BCUT2D eigenvalue weighted by Crippen LogP contribution is 2.48. The number of benzene rings is 5. The minimum atomic E-state index is 0.914. The molecule has 0 amide bonds. The van der Waals surface area contributed by atoms with E-state index < -0.39 is 0 Å². The Labute approximate surface area is 191 Å². The molecule has 33 heavy (non-hydrogen) atoms. The van der Waals surface area contributed by atoms with E-state index in [0.29, 0.717) is 0 Å². The Morgan fingerprint density at radius 2 is 1.36 bits per heavy atom. The zero-order chi connectivity index (χ0) is 21.9. The van der Waals surface area contributed by atoms with Crippen LogP contribution >= 0.6 is 0 Å². The third kappa shape index (κ3) is 2.66. The summed E-state index contributed by atoms with van der Waals surface area (Å²) in [6, 6.07) is 36.0. The maximum atomic E-state index is 6.25. The van der Waals surface area contributed by atoms with Gasteiger partial charge >= 0.3 is 0 Å². The molecule has 3 heteroatoms. The number of aromatic nitrogens is 2. The fourth-order valence-corrected chi connectivity index (χ4v) is 5.03. The summed E-state index contributed by atoms with van der Waals surface area (Å²) in [5.41, 5.74) is 8.02. The fourth-order valence-electron chi connectivity index (χ4n) is 5.03. The lowest BCUT2D eigenvalue weighted by atomic mass is 9.90. The predicted octanol–water partition coefficient (Wildman–Crippen LogP) is 7.83. The van der Waals surface area contributed by atoms with E-state index in [0.717, 1.165) is 39.5 Å². The molecule has 5 aromatic carbocycles. The molecular weight excluding hydrogens is 404 g/mol. The van der Waals surface area contributed by atoms with Crippen LogP contribution in [-0.4, -0.2) is 9.55 Å². The largest absolute Gasteiger partial charge is 0.456 e. The van der Waals surface area contributed by atoms with Gasteiger partial charge in [0, 0.05) is 23.6 Å². The van der Waals surface area contributed by atoms with Gasteiger partial charge in [0.1, 0.15) is 17.3 Å². The number of aryl methyl sites for hydroxylation is 1. The number of hydrogen-bond donors (Lipinski definition) is 0. The van der Waals surface area contributed by atoms with Crippen LogP contribution in [0.4, 0.5) is 0 Å². The molecule has 0 atom stereocenters. The van der Waals surface area contributed by atoms with Gasteiger partial charge in [-0.2, -0.15) is 0 Å². The van der Waals surface area contributed by atoms with Crippen molar-refractivity contribution in [2.45, 2.75) is 0 Å². The van der Waals surface area contributed by atoms with Crippen LogP contribution in [0.3, 0.4) is 0 Å². The molecule has 1 aliphatic heterocycles. The van der Waals surface area contributed by atoms with E-state index in [2.05, 4.69) is 96.5 Å². The molecular formula is C30H20N2O. The Morgan fingerprint density at radius 3 is 2.24 bits per heavy atom. The van der Waals surface area contributed by atoms with Gasteiger partial charge in [-0.05, 0) is 46.3 Å². The Kier molecular flexibility index (Phi) is 3.76. The first-order valence-corrected chi connectivity index (χ1v) is 11.1. The molecule has 1 aliphatic rings. The van der Waals surface area contributed by atoms with Gasteiger partial charge in [0.2, 0.25) is 0 Å². The van der Waals surface area contributed by atoms with Crippen LogP contribution in [0.15, 0.2) is 103 Å². The number of fused-ring (bicyclic) bond motifs is 3. The lowest BCUT2D eigenvalue weighted by molar-refractivity contribution is 0.487. The number of imidazole rings is 1. The molecule has 0 radical (unpaired) electrons. The Bertz CT molecular complexity index is 1690. The fraction of sp³-hybridized carbons (Fsp3) is 0.0333. The molecule has 0 fully saturated rings. The van der Waals surface area contributed by atoms with Crippen LogP contribution in [0.2, 0.25) is 0 Å². The van der Waals surface area contributed by atoms with Crippen LogP contribution in [0.1, 0.15) is 0 Å². The Morgan fingerprint density at radius 1 is 0.606 bits per heavy atom. The van der Waals surface area contributed by atoms with Gasteiger partial charge in [0.15, 0.2) is 0 Å². The van der Waals surface area contributed by atoms with Crippen molar-refractivity contribution in [3.05, 3.63) is 103 Å². The summed E-state index contributed by atoms with van der Waals surface area (Å²) in [7, 11) is 2.07. The second-order valence-corrected chi connectivity index (χ2v) is 8.50. The Balaban J connectivity index is 1.36. The smallest absolute Gasteiger partial charge is 0.140 e. The lowest BCUT2D eigenvalue weighted by Gasteiger charge is -2.22. The number of nitrogens with zero attached hydrogens (tertiary/aromatic N) is 2. The summed E-state index contributed by atoms with van der Waals surface area (Å²) < 4.78 is 8.40. The number of para-hydroxylation sites is 3. The first kappa shape index (κ1) is 18.2. The van der Waals surface area contributed by atoms with Gasteiger partial charge in [-0.1, -0.05) is 78.9 Å². The van der Waals surface area contributed by atoms with E-state index in [1.54, 1.807) is 0 Å². The molecule has 0 bridgehead atoms. The van der Waals surface area contributed by atoms with E-state index in [4.69, 9.17) is 9.72 Å². The summed E-state index contributed by atoms with van der Waals surface area (Å²) in [5.74, 6) is 2.81. The van der Waals surface area contributed by atoms with Crippen molar-refractivity contribution in [3.63, 3.8) is 0 Å². The van der Waals surface area contributed by atoms with E-state index in [1.807, 2.05) is 18.2 Å². The van der Waals surface area contributed by atoms with E-state index in [-0.39, 0.29) is 0 Å². The zero-order valence-corrected chi connectivity index (χ0v) is 18.1. The normalized spacial score (nSPS) is 12.0. The summed E-state index contributed by atoms with van der Waals surface area (Å²) in [4.78, 5) is 4.84. The van der Waals surface area contributed by atoms with Crippen molar-refractivity contribution < 1.29 is 4.74 Å². The minimum Gasteiger partial charge on any atom is -0.456 e. The quantitative estimate of drug-likeness (QED) is 0.283. The van der Waals surface area contributed by atoms with Crippen LogP contribution in [0, 0.1) is 0 Å². The number of rotatable bonds is 2. The molecule has 0 aliphatic carbocycles. The summed E-state index contributed by atoms with van der Waals surface area (Å²) in [6.07, 6.45) is 0. The SMILES string of the molecule is Cn1c(-c2ccc(-c3ccc4c5c(cccc35)-c3ccccc3O4)cc2)nc2ccccc21.